The molecule has 0 saturated carbocycles. The highest BCUT2D eigenvalue weighted by atomic mass is 19.4. The van der Waals surface area contributed by atoms with Crippen molar-refractivity contribution in [3.05, 3.63) is 30.1 Å². The smallest absolute Gasteiger partial charge is 0.399 e. The number of hydrogen-bond donors (Lipinski definition) is 2. The van der Waals surface area contributed by atoms with Crippen molar-refractivity contribution in [2.75, 3.05) is 18.9 Å². The summed E-state index contributed by atoms with van der Waals surface area (Å²) < 4.78 is 40.2. The van der Waals surface area contributed by atoms with Crippen LogP contribution in [0, 0.1) is 0 Å². The first-order chi connectivity index (χ1) is 9.37. The fourth-order valence-electron chi connectivity index (χ4n) is 1.60. The van der Waals surface area contributed by atoms with Gasteiger partial charge < -0.3 is 11.1 Å². The summed E-state index contributed by atoms with van der Waals surface area (Å²) in [5.74, 6) is -0.545. The van der Waals surface area contributed by atoms with Crippen LogP contribution in [0.3, 0.4) is 0 Å². The van der Waals surface area contributed by atoms with Gasteiger partial charge in [-0.3, -0.25) is 9.53 Å². The van der Waals surface area contributed by atoms with Gasteiger partial charge in [0.15, 0.2) is 0 Å². The molecular formula is C11H11F3N4O2. The number of nitrogens with zero attached hydrogens (tertiary/aromatic N) is 2. The number of nitrogen functional groups attached to an aromatic ring is 1. The zero-order valence-electron chi connectivity index (χ0n) is 10.1. The number of carbonyl (C=O) groups excluding carboxylic acids is 1. The highest BCUT2D eigenvalue weighted by molar-refractivity contribution is 6.00. The Balaban J connectivity index is 1.99. The Hall–Kier alpha value is -2.29. The average Bonchev–Trinajstić information content (AvgIpc) is 2.76. The number of aromatic nitrogens is 2. The van der Waals surface area contributed by atoms with Crippen molar-refractivity contribution < 1.29 is 22.7 Å². The monoisotopic (exact) mass is 288 g/mol. The maximum Gasteiger partial charge on any atom is 0.522 e. The van der Waals surface area contributed by atoms with Gasteiger partial charge in [-0.25, -0.2) is 4.52 Å². The quantitative estimate of drug-likeness (QED) is 0.828. The molecule has 3 N–H and O–H groups in total. The van der Waals surface area contributed by atoms with Crippen LogP contribution in [-0.2, 0) is 4.74 Å². The van der Waals surface area contributed by atoms with Gasteiger partial charge in [0.2, 0.25) is 0 Å². The van der Waals surface area contributed by atoms with Crippen LogP contribution in [-0.4, -0.2) is 35.0 Å². The van der Waals surface area contributed by atoms with Crippen LogP contribution >= 0.6 is 0 Å². The number of fused-ring (bicyclic) bond motifs is 1. The maximum atomic E-state index is 11.8. The van der Waals surface area contributed by atoms with E-state index in [-0.39, 0.29) is 12.1 Å². The van der Waals surface area contributed by atoms with Crippen LogP contribution in [0.25, 0.3) is 5.52 Å². The second-order valence-electron chi connectivity index (χ2n) is 3.90. The molecule has 0 aliphatic rings. The lowest BCUT2D eigenvalue weighted by Crippen LogP contribution is -2.29. The molecule has 0 fully saturated rings. The summed E-state index contributed by atoms with van der Waals surface area (Å²) >= 11 is 0. The van der Waals surface area contributed by atoms with Crippen LogP contribution in [0.5, 0.6) is 0 Å². The van der Waals surface area contributed by atoms with Crippen molar-refractivity contribution >= 4 is 17.1 Å². The highest BCUT2D eigenvalue weighted by Crippen LogP contribution is 2.16. The van der Waals surface area contributed by atoms with Crippen molar-refractivity contribution in [1.82, 2.24) is 14.9 Å². The first kappa shape index (κ1) is 14.1. The Morgan fingerprint density at radius 1 is 1.50 bits per heavy atom. The predicted octanol–water partition coefficient (Wildman–Crippen LogP) is 1.18. The SMILES string of the molecule is Nc1ccn2ncc(C(=O)NCCOC(F)(F)F)c2c1. The number of carbonyl (C=O) groups is 1. The van der Waals surface area contributed by atoms with E-state index in [9.17, 15) is 18.0 Å². The Morgan fingerprint density at radius 2 is 2.25 bits per heavy atom. The Kier molecular flexibility index (Phi) is 3.79. The van der Waals surface area contributed by atoms with E-state index in [1.165, 1.54) is 10.7 Å². The first-order valence-electron chi connectivity index (χ1n) is 5.58. The molecule has 6 nitrogen and oxygen atoms in total. The summed E-state index contributed by atoms with van der Waals surface area (Å²) in [7, 11) is 0. The summed E-state index contributed by atoms with van der Waals surface area (Å²) in [5, 5.41) is 6.25. The van der Waals surface area contributed by atoms with Gasteiger partial charge in [0.05, 0.1) is 23.9 Å². The minimum atomic E-state index is -4.70. The van der Waals surface area contributed by atoms with Crippen molar-refractivity contribution in [1.29, 1.82) is 0 Å². The second-order valence-corrected chi connectivity index (χ2v) is 3.90. The maximum absolute atomic E-state index is 11.8. The van der Waals surface area contributed by atoms with Crippen molar-refractivity contribution in [3.8, 4) is 0 Å². The number of nitrogens with one attached hydrogen (secondary N) is 1. The van der Waals surface area contributed by atoms with Gasteiger partial charge in [-0.05, 0) is 12.1 Å². The van der Waals surface area contributed by atoms with Gasteiger partial charge in [0, 0.05) is 18.4 Å². The Morgan fingerprint density at radius 3 is 2.95 bits per heavy atom. The third-order valence-electron chi connectivity index (χ3n) is 2.44. The average molecular weight is 288 g/mol. The standard InChI is InChI=1S/C11H11F3N4O2/c12-11(13,14)20-4-2-16-10(19)8-6-17-18-3-1-7(15)5-9(8)18/h1,3,5-6H,2,4,15H2,(H,16,19). The molecule has 0 bridgehead atoms. The van der Waals surface area contributed by atoms with Gasteiger partial charge in [-0.15, -0.1) is 13.2 Å². The van der Waals surface area contributed by atoms with E-state index in [2.05, 4.69) is 15.2 Å². The van der Waals surface area contributed by atoms with Crippen LogP contribution in [0.1, 0.15) is 10.4 Å². The van der Waals surface area contributed by atoms with Gasteiger partial charge >= 0.3 is 6.36 Å². The van der Waals surface area contributed by atoms with Gasteiger partial charge in [0.25, 0.3) is 5.91 Å². The number of nitrogens with two attached hydrogens (primary N) is 1. The van der Waals surface area contributed by atoms with Crippen LogP contribution in [0.2, 0.25) is 0 Å². The molecule has 108 valence electrons. The van der Waals surface area contributed by atoms with E-state index >= 15 is 0 Å². The fourth-order valence-corrected chi connectivity index (χ4v) is 1.60. The highest BCUT2D eigenvalue weighted by Gasteiger charge is 2.28. The van der Waals surface area contributed by atoms with Crippen molar-refractivity contribution in [2.45, 2.75) is 6.36 Å². The molecule has 0 unspecified atom stereocenters. The van der Waals surface area contributed by atoms with Crippen molar-refractivity contribution in [3.63, 3.8) is 0 Å². The zero-order chi connectivity index (χ0) is 14.8. The number of hydrogen-bond acceptors (Lipinski definition) is 4. The number of amides is 1. The van der Waals surface area contributed by atoms with E-state index in [4.69, 9.17) is 5.73 Å². The molecule has 2 rings (SSSR count). The minimum Gasteiger partial charge on any atom is -0.399 e. The lowest BCUT2D eigenvalue weighted by molar-refractivity contribution is -0.323. The molecule has 0 saturated heterocycles. The zero-order valence-corrected chi connectivity index (χ0v) is 10.1. The third-order valence-corrected chi connectivity index (χ3v) is 2.44. The van der Waals surface area contributed by atoms with Gasteiger partial charge in [0.1, 0.15) is 0 Å². The molecule has 2 aromatic rings. The van der Waals surface area contributed by atoms with Gasteiger partial charge in [-0.2, -0.15) is 5.10 Å². The largest absolute Gasteiger partial charge is 0.522 e. The number of rotatable bonds is 4. The van der Waals surface area contributed by atoms with E-state index in [1.807, 2.05) is 0 Å². The Labute approximate surface area is 111 Å². The van der Waals surface area contributed by atoms with Gasteiger partial charge in [-0.1, -0.05) is 0 Å². The predicted molar refractivity (Wildman–Crippen MR) is 63.9 cm³/mol. The fraction of sp³-hybridized carbons (Fsp3) is 0.273. The third kappa shape index (κ3) is 3.38. The summed E-state index contributed by atoms with van der Waals surface area (Å²) in [6.07, 6.45) is -1.81. The number of ether oxygens (including phenoxy) is 1. The van der Waals surface area contributed by atoms with E-state index in [0.29, 0.717) is 11.2 Å². The molecule has 0 radical (unpaired) electrons. The molecule has 0 aliphatic heterocycles. The molecule has 2 aromatic heterocycles. The number of alkyl halides is 3. The number of pyridine rings is 1. The van der Waals surface area contributed by atoms with E-state index in [1.54, 1.807) is 18.3 Å². The molecule has 0 atom stereocenters. The molecule has 0 spiro atoms. The number of anilines is 1. The summed E-state index contributed by atoms with van der Waals surface area (Å²) in [6.45, 7) is -0.922. The van der Waals surface area contributed by atoms with E-state index in [0.717, 1.165) is 0 Å². The molecule has 9 heteroatoms. The second kappa shape index (κ2) is 5.37. The first-order valence-corrected chi connectivity index (χ1v) is 5.58. The topological polar surface area (TPSA) is 81.7 Å². The molecule has 20 heavy (non-hydrogen) atoms. The minimum absolute atomic E-state index is 0.226. The summed E-state index contributed by atoms with van der Waals surface area (Å²) in [6, 6.07) is 3.16. The molecule has 2 heterocycles. The van der Waals surface area contributed by atoms with E-state index < -0.39 is 18.9 Å². The molecule has 0 aliphatic carbocycles. The molecular weight excluding hydrogens is 277 g/mol. The summed E-state index contributed by atoms with van der Waals surface area (Å²) in [5.41, 5.74) is 6.75. The normalized spacial score (nSPS) is 11.8. The van der Waals surface area contributed by atoms with Crippen LogP contribution < -0.4 is 11.1 Å². The lowest BCUT2D eigenvalue weighted by Gasteiger charge is -2.08. The molecule has 0 aromatic carbocycles. The number of halogens is 3. The van der Waals surface area contributed by atoms with Crippen LogP contribution in [0.4, 0.5) is 18.9 Å². The van der Waals surface area contributed by atoms with Crippen molar-refractivity contribution in [2.24, 2.45) is 0 Å². The summed E-state index contributed by atoms with van der Waals surface area (Å²) in [4.78, 5) is 11.8. The lowest BCUT2D eigenvalue weighted by atomic mass is 10.2. The Bertz CT molecular complexity index is 624. The van der Waals surface area contributed by atoms with Crippen LogP contribution in [0.15, 0.2) is 24.5 Å². The molecule has 1 amide bonds.